The lowest BCUT2D eigenvalue weighted by Gasteiger charge is -2.10. The molecule has 0 saturated heterocycles. The molecule has 0 aliphatic heterocycles. The average molecular weight is 451 g/mol. The molecule has 1 aromatic carbocycles. The number of thiophene rings is 1. The van der Waals surface area contributed by atoms with Gasteiger partial charge in [0.15, 0.2) is 6.29 Å². The summed E-state index contributed by atoms with van der Waals surface area (Å²) in [5, 5.41) is 6.86. The number of nitrogens with zero attached hydrogens (tertiary/aromatic N) is 2. The number of nitrogens with one attached hydrogen (secondary N) is 2. The Morgan fingerprint density at radius 1 is 1.16 bits per heavy atom. The van der Waals surface area contributed by atoms with Crippen molar-refractivity contribution in [1.82, 2.24) is 4.98 Å². The summed E-state index contributed by atoms with van der Waals surface area (Å²) in [5.74, 6) is 0.429. The second-order valence-corrected chi connectivity index (χ2v) is 8.78. The SMILES string of the molecule is COc1ccc(C(=O)Nc2ccnc3sc(C=O)c(NC=NC4CCCCCC4)c23)cc1. The first-order chi connectivity index (χ1) is 15.7. The number of amides is 1. The predicted molar refractivity (Wildman–Crippen MR) is 130 cm³/mol. The summed E-state index contributed by atoms with van der Waals surface area (Å²) in [6.45, 7) is 0. The first-order valence-electron chi connectivity index (χ1n) is 10.8. The van der Waals surface area contributed by atoms with E-state index < -0.39 is 0 Å². The van der Waals surface area contributed by atoms with E-state index >= 15 is 0 Å². The van der Waals surface area contributed by atoms with Gasteiger partial charge in [0, 0.05) is 11.8 Å². The van der Waals surface area contributed by atoms with Gasteiger partial charge in [0.2, 0.25) is 0 Å². The van der Waals surface area contributed by atoms with Crippen molar-refractivity contribution < 1.29 is 14.3 Å². The number of aliphatic imine (C=N–C) groups is 1. The summed E-state index contributed by atoms with van der Waals surface area (Å²) < 4.78 is 5.15. The number of aromatic nitrogens is 1. The van der Waals surface area contributed by atoms with Gasteiger partial charge in [-0.05, 0) is 43.2 Å². The quantitative estimate of drug-likeness (QED) is 0.214. The molecule has 2 N–H and O–H groups in total. The Balaban J connectivity index is 1.59. The van der Waals surface area contributed by atoms with Gasteiger partial charge in [-0.15, -0.1) is 11.3 Å². The molecule has 0 unspecified atom stereocenters. The molecule has 1 aliphatic rings. The second-order valence-electron chi connectivity index (χ2n) is 7.75. The fourth-order valence-electron chi connectivity index (χ4n) is 3.92. The Kier molecular flexibility index (Phi) is 7.11. The van der Waals surface area contributed by atoms with Crippen molar-refractivity contribution in [3.05, 3.63) is 47.0 Å². The van der Waals surface area contributed by atoms with Crippen molar-refractivity contribution in [2.45, 2.75) is 44.6 Å². The van der Waals surface area contributed by atoms with E-state index in [1.54, 1.807) is 50.0 Å². The number of aldehydes is 1. The Hall–Kier alpha value is -3.26. The maximum absolute atomic E-state index is 12.8. The Bertz CT molecular complexity index is 1120. The van der Waals surface area contributed by atoms with Crippen LogP contribution in [-0.4, -0.2) is 36.7 Å². The summed E-state index contributed by atoms with van der Waals surface area (Å²) >= 11 is 1.28. The van der Waals surface area contributed by atoms with E-state index in [-0.39, 0.29) is 5.91 Å². The second kappa shape index (κ2) is 10.4. The van der Waals surface area contributed by atoms with Crippen LogP contribution in [0.5, 0.6) is 5.75 Å². The van der Waals surface area contributed by atoms with Crippen molar-refractivity contribution in [2.75, 3.05) is 17.7 Å². The molecule has 7 nitrogen and oxygen atoms in total. The van der Waals surface area contributed by atoms with E-state index in [1.807, 2.05) is 0 Å². The van der Waals surface area contributed by atoms with E-state index in [0.717, 1.165) is 19.1 Å². The van der Waals surface area contributed by atoms with Gasteiger partial charge in [-0.3, -0.25) is 14.6 Å². The van der Waals surface area contributed by atoms with Gasteiger partial charge in [0.05, 0.1) is 41.1 Å². The maximum atomic E-state index is 12.8. The van der Waals surface area contributed by atoms with E-state index in [4.69, 9.17) is 4.74 Å². The van der Waals surface area contributed by atoms with Crippen LogP contribution >= 0.6 is 11.3 Å². The third-order valence-electron chi connectivity index (χ3n) is 5.65. The maximum Gasteiger partial charge on any atom is 0.255 e. The topological polar surface area (TPSA) is 92.7 Å². The summed E-state index contributed by atoms with van der Waals surface area (Å²) in [5.41, 5.74) is 1.71. The molecular formula is C24H26N4O3S. The van der Waals surface area contributed by atoms with E-state index in [9.17, 15) is 9.59 Å². The normalized spacial score (nSPS) is 14.9. The number of anilines is 2. The number of ether oxygens (including phenoxy) is 1. The summed E-state index contributed by atoms with van der Waals surface area (Å²) in [7, 11) is 1.58. The van der Waals surface area contributed by atoms with Crippen molar-refractivity contribution >= 4 is 51.5 Å². The first kappa shape index (κ1) is 22.0. The average Bonchev–Trinajstić information content (AvgIpc) is 2.99. The molecule has 0 atom stereocenters. The highest BCUT2D eigenvalue weighted by Crippen LogP contribution is 2.38. The Morgan fingerprint density at radius 3 is 2.59 bits per heavy atom. The van der Waals surface area contributed by atoms with Crippen molar-refractivity contribution in [3.8, 4) is 5.75 Å². The molecule has 3 aromatic rings. The van der Waals surface area contributed by atoms with Crippen LogP contribution in [-0.2, 0) is 0 Å². The van der Waals surface area contributed by atoms with Crippen molar-refractivity contribution in [3.63, 3.8) is 0 Å². The van der Waals surface area contributed by atoms with Crippen LogP contribution < -0.4 is 15.4 Å². The Morgan fingerprint density at radius 2 is 1.91 bits per heavy atom. The monoisotopic (exact) mass is 450 g/mol. The molecule has 2 heterocycles. The number of benzene rings is 1. The molecule has 0 bridgehead atoms. The van der Waals surface area contributed by atoms with E-state index in [0.29, 0.717) is 43.8 Å². The molecule has 1 aliphatic carbocycles. The van der Waals surface area contributed by atoms with Gasteiger partial charge >= 0.3 is 0 Å². The lowest BCUT2D eigenvalue weighted by molar-refractivity contribution is 0.102. The number of carbonyl (C=O) groups excluding carboxylic acids is 2. The van der Waals surface area contributed by atoms with Crippen LogP contribution in [0.3, 0.4) is 0 Å². The standard InChI is InChI=1S/C24H26N4O3S/c1-31-18-10-8-16(9-11-18)23(30)28-19-12-13-25-24-21(19)22(20(14-29)32-24)27-15-26-17-6-4-2-3-5-7-17/h8-15,17H,2-7H2,1H3,(H,26,27)(H,25,28,30). The van der Waals surface area contributed by atoms with E-state index in [2.05, 4.69) is 20.6 Å². The largest absolute Gasteiger partial charge is 0.497 e. The van der Waals surface area contributed by atoms with Gasteiger partial charge in [0.1, 0.15) is 10.6 Å². The van der Waals surface area contributed by atoms with Crippen LogP contribution in [0.15, 0.2) is 41.5 Å². The third-order valence-corrected chi connectivity index (χ3v) is 6.67. The minimum atomic E-state index is -0.253. The number of fused-ring (bicyclic) bond motifs is 1. The van der Waals surface area contributed by atoms with Crippen molar-refractivity contribution in [2.24, 2.45) is 4.99 Å². The summed E-state index contributed by atoms with van der Waals surface area (Å²) in [4.78, 5) is 34.8. The third kappa shape index (κ3) is 4.96. The number of hydrogen-bond donors (Lipinski definition) is 2. The molecule has 32 heavy (non-hydrogen) atoms. The van der Waals surface area contributed by atoms with Gasteiger partial charge in [-0.2, -0.15) is 0 Å². The zero-order valence-corrected chi connectivity index (χ0v) is 18.8. The van der Waals surface area contributed by atoms with Gasteiger partial charge in [-0.1, -0.05) is 25.7 Å². The zero-order chi connectivity index (χ0) is 22.3. The molecule has 8 heteroatoms. The number of rotatable bonds is 7. The number of pyridine rings is 1. The predicted octanol–water partition coefficient (Wildman–Crippen LogP) is 5.53. The highest BCUT2D eigenvalue weighted by atomic mass is 32.1. The van der Waals surface area contributed by atoms with Crippen LogP contribution in [0.25, 0.3) is 10.2 Å². The van der Waals surface area contributed by atoms with Gasteiger partial charge in [-0.25, -0.2) is 4.98 Å². The smallest absolute Gasteiger partial charge is 0.255 e. The van der Waals surface area contributed by atoms with Crippen molar-refractivity contribution in [1.29, 1.82) is 0 Å². The van der Waals surface area contributed by atoms with Crippen LogP contribution in [0.2, 0.25) is 0 Å². The Labute approximate surface area is 190 Å². The molecule has 1 amide bonds. The number of methoxy groups -OCH3 is 1. The lowest BCUT2D eigenvalue weighted by Crippen LogP contribution is -2.12. The zero-order valence-electron chi connectivity index (χ0n) is 18.0. The summed E-state index contributed by atoms with van der Waals surface area (Å²) in [6, 6.07) is 8.93. The highest BCUT2D eigenvalue weighted by Gasteiger charge is 2.18. The van der Waals surface area contributed by atoms with Gasteiger partial charge < -0.3 is 15.4 Å². The molecule has 0 radical (unpaired) electrons. The molecule has 1 saturated carbocycles. The van der Waals surface area contributed by atoms with Crippen LogP contribution in [0, 0.1) is 0 Å². The van der Waals surface area contributed by atoms with Crippen LogP contribution in [0.1, 0.15) is 58.6 Å². The van der Waals surface area contributed by atoms with E-state index in [1.165, 1.54) is 37.0 Å². The fourth-order valence-corrected chi connectivity index (χ4v) is 4.87. The number of hydrogen-bond acceptors (Lipinski definition) is 6. The fraction of sp³-hybridized carbons (Fsp3) is 0.333. The molecular weight excluding hydrogens is 424 g/mol. The lowest BCUT2D eigenvalue weighted by atomic mass is 10.1. The minimum Gasteiger partial charge on any atom is -0.497 e. The molecule has 0 spiro atoms. The summed E-state index contributed by atoms with van der Waals surface area (Å²) in [6.07, 6.45) is 11.3. The first-order valence-corrected chi connectivity index (χ1v) is 11.6. The molecule has 4 rings (SSSR count). The van der Waals surface area contributed by atoms with Gasteiger partial charge in [0.25, 0.3) is 5.91 Å². The van der Waals surface area contributed by atoms with Crippen LogP contribution in [0.4, 0.5) is 11.4 Å². The number of carbonyl (C=O) groups is 2. The minimum absolute atomic E-state index is 0.253. The molecule has 1 fully saturated rings. The highest BCUT2D eigenvalue weighted by molar-refractivity contribution is 7.21. The molecule has 166 valence electrons. The molecule has 2 aromatic heterocycles.